The Morgan fingerprint density at radius 3 is 2.75 bits per heavy atom. The highest BCUT2D eigenvalue weighted by molar-refractivity contribution is 4.87. The Labute approximate surface area is 100 Å². The first-order chi connectivity index (χ1) is 7.68. The summed E-state index contributed by atoms with van der Waals surface area (Å²) in [7, 11) is 2.26. The van der Waals surface area contributed by atoms with Crippen LogP contribution >= 0.6 is 0 Å². The zero-order valence-corrected chi connectivity index (χ0v) is 11.1. The number of rotatable bonds is 1. The molecule has 3 unspecified atom stereocenters. The van der Waals surface area contributed by atoms with Gasteiger partial charge < -0.3 is 10.2 Å². The van der Waals surface area contributed by atoms with E-state index in [1.54, 1.807) is 0 Å². The Morgan fingerprint density at radius 1 is 1.19 bits per heavy atom. The lowest BCUT2D eigenvalue weighted by Crippen LogP contribution is -2.52. The predicted molar refractivity (Wildman–Crippen MR) is 68.7 cm³/mol. The van der Waals surface area contributed by atoms with Crippen molar-refractivity contribution < 1.29 is 0 Å². The lowest BCUT2D eigenvalue weighted by atomic mass is 9.92. The highest BCUT2D eigenvalue weighted by atomic mass is 15.3. The highest BCUT2D eigenvalue weighted by Crippen LogP contribution is 2.22. The topological polar surface area (TPSA) is 18.5 Å². The minimum Gasteiger partial charge on any atom is -0.316 e. The Morgan fingerprint density at radius 2 is 2.00 bits per heavy atom. The Kier molecular flexibility index (Phi) is 4.22. The third kappa shape index (κ3) is 2.76. The summed E-state index contributed by atoms with van der Waals surface area (Å²) in [5.41, 5.74) is 0. The molecule has 16 heavy (non-hydrogen) atoms. The molecule has 2 aliphatic rings. The van der Waals surface area contributed by atoms with Crippen molar-refractivity contribution in [1.82, 2.24) is 15.1 Å². The van der Waals surface area contributed by atoms with E-state index in [4.69, 9.17) is 0 Å². The standard InChI is InChI=1S/C13H27N3/c1-11-9-14-6-5-13(11)16-8-4-7-15(3)10-12(16)2/h11-14H,4-10H2,1-3H3. The van der Waals surface area contributed by atoms with Crippen LogP contribution in [-0.4, -0.2) is 61.7 Å². The number of hydrogen-bond donors (Lipinski definition) is 1. The molecule has 0 bridgehead atoms. The predicted octanol–water partition coefficient (Wildman–Crippen LogP) is 1.01. The largest absolute Gasteiger partial charge is 0.316 e. The van der Waals surface area contributed by atoms with Gasteiger partial charge in [-0.3, -0.25) is 4.90 Å². The number of nitrogens with zero attached hydrogens (tertiary/aromatic N) is 2. The molecule has 0 aromatic heterocycles. The van der Waals surface area contributed by atoms with Crippen LogP contribution in [0.1, 0.15) is 26.7 Å². The summed E-state index contributed by atoms with van der Waals surface area (Å²) in [6, 6.07) is 1.53. The van der Waals surface area contributed by atoms with Crippen molar-refractivity contribution in [2.45, 2.75) is 38.8 Å². The molecule has 0 spiro atoms. The summed E-state index contributed by atoms with van der Waals surface area (Å²) in [6.45, 7) is 11.0. The molecule has 1 N–H and O–H groups in total. The minimum atomic E-state index is 0.720. The van der Waals surface area contributed by atoms with Crippen molar-refractivity contribution in [3.05, 3.63) is 0 Å². The molecule has 0 aliphatic carbocycles. The molecule has 94 valence electrons. The number of nitrogens with one attached hydrogen (secondary N) is 1. The molecule has 2 rings (SSSR count). The summed E-state index contributed by atoms with van der Waals surface area (Å²) in [6.07, 6.45) is 2.66. The van der Waals surface area contributed by atoms with E-state index in [-0.39, 0.29) is 0 Å². The fourth-order valence-electron chi connectivity index (χ4n) is 3.38. The average molecular weight is 225 g/mol. The molecule has 0 aromatic rings. The minimum absolute atomic E-state index is 0.720. The van der Waals surface area contributed by atoms with Gasteiger partial charge in [-0.25, -0.2) is 0 Å². The van der Waals surface area contributed by atoms with Crippen LogP contribution in [0.2, 0.25) is 0 Å². The second kappa shape index (κ2) is 5.48. The van der Waals surface area contributed by atoms with Gasteiger partial charge in [-0.05, 0) is 58.9 Å². The molecule has 0 aromatic carbocycles. The van der Waals surface area contributed by atoms with Crippen molar-refractivity contribution in [2.24, 2.45) is 5.92 Å². The van der Waals surface area contributed by atoms with E-state index < -0.39 is 0 Å². The van der Waals surface area contributed by atoms with Crippen molar-refractivity contribution in [2.75, 3.05) is 39.8 Å². The summed E-state index contributed by atoms with van der Waals surface area (Å²) < 4.78 is 0. The SMILES string of the molecule is CC1CNCCC1N1CCCN(C)CC1C. The zero-order chi connectivity index (χ0) is 11.5. The van der Waals surface area contributed by atoms with Crippen LogP contribution in [0.15, 0.2) is 0 Å². The maximum atomic E-state index is 3.51. The average Bonchev–Trinajstić information content (AvgIpc) is 2.40. The van der Waals surface area contributed by atoms with Gasteiger partial charge in [-0.1, -0.05) is 6.92 Å². The first-order valence-electron chi connectivity index (χ1n) is 6.83. The van der Waals surface area contributed by atoms with E-state index in [0.717, 1.165) is 18.0 Å². The fraction of sp³-hybridized carbons (Fsp3) is 1.00. The fourth-order valence-corrected chi connectivity index (χ4v) is 3.38. The van der Waals surface area contributed by atoms with Gasteiger partial charge in [0.05, 0.1) is 0 Å². The van der Waals surface area contributed by atoms with E-state index in [1.807, 2.05) is 0 Å². The van der Waals surface area contributed by atoms with Crippen molar-refractivity contribution in [3.8, 4) is 0 Å². The third-order valence-corrected chi connectivity index (χ3v) is 4.26. The van der Waals surface area contributed by atoms with E-state index in [2.05, 4.69) is 36.0 Å². The third-order valence-electron chi connectivity index (χ3n) is 4.26. The number of piperidine rings is 1. The van der Waals surface area contributed by atoms with Crippen LogP contribution in [0.4, 0.5) is 0 Å². The lowest BCUT2D eigenvalue weighted by Gasteiger charge is -2.41. The smallest absolute Gasteiger partial charge is 0.0197 e. The second-order valence-electron chi connectivity index (χ2n) is 5.74. The summed E-state index contributed by atoms with van der Waals surface area (Å²) in [5.74, 6) is 0.805. The van der Waals surface area contributed by atoms with Gasteiger partial charge in [0.1, 0.15) is 0 Å². The highest BCUT2D eigenvalue weighted by Gasteiger charge is 2.31. The maximum absolute atomic E-state index is 3.51. The van der Waals surface area contributed by atoms with Gasteiger partial charge in [0.25, 0.3) is 0 Å². The van der Waals surface area contributed by atoms with Crippen LogP contribution in [0, 0.1) is 5.92 Å². The Balaban J connectivity index is 2.00. The Bertz CT molecular complexity index is 219. The molecule has 0 saturated carbocycles. The molecule has 0 amide bonds. The summed E-state index contributed by atoms with van der Waals surface area (Å²) >= 11 is 0. The van der Waals surface area contributed by atoms with Gasteiger partial charge >= 0.3 is 0 Å². The van der Waals surface area contributed by atoms with Gasteiger partial charge in [-0.2, -0.15) is 0 Å². The number of hydrogen-bond acceptors (Lipinski definition) is 3. The zero-order valence-electron chi connectivity index (χ0n) is 11.1. The molecule has 0 radical (unpaired) electrons. The normalized spacial score (nSPS) is 39.6. The molecule has 3 nitrogen and oxygen atoms in total. The van der Waals surface area contributed by atoms with Gasteiger partial charge in [0, 0.05) is 18.6 Å². The van der Waals surface area contributed by atoms with Crippen LogP contribution in [0.5, 0.6) is 0 Å². The van der Waals surface area contributed by atoms with E-state index in [0.29, 0.717) is 0 Å². The molecule has 2 fully saturated rings. The first kappa shape index (κ1) is 12.3. The summed E-state index contributed by atoms with van der Waals surface area (Å²) in [5, 5.41) is 3.51. The lowest BCUT2D eigenvalue weighted by molar-refractivity contribution is 0.0842. The molecular formula is C13H27N3. The van der Waals surface area contributed by atoms with Crippen molar-refractivity contribution >= 4 is 0 Å². The van der Waals surface area contributed by atoms with E-state index in [9.17, 15) is 0 Å². The van der Waals surface area contributed by atoms with Gasteiger partial charge in [-0.15, -0.1) is 0 Å². The maximum Gasteiger partial charge on any atom is 0.0197 e. The van der Waals surface area contributed by atoms with E-state index >= 15 is 0 Å². The van der Waals surface area contributed by atoms with Crippen molar-refractivity contribution in [1.29, 1.82) is 0 Å². The van der Waals surface area contributed by atoms with Gasteiger partial charge in [0.15, 0.2) is 0 Å². The first-order valence-corrected chi connectivity index (χ1v) is 6.83. The molecule has 3 atom stereocenters. The summed E-state index contributed by atoms with van der Waals surface area (Å²) in [4.78, 5) is 5.26. The second-order valence-corrected chi connectivity index (χ2v) is 5.74. The van der Waals surface area contributed by atoms with Crippen LogP contribution < -0.4 is 5.32 Å². The Hall–Kier alpha value is -0.120. The quantitative estimate of drug-likeness (QED) is 0.718. The molecule has 3 heteroatoms. The molecule has 2 heterocycles. The molecule has 2 saturated heterocycles. The molecule has 2 aliphatic heterocycles. The van der Waals surface area contributed by atoms with Gasteiger partial charge in [0.2, 0.25) is 0 Å². The molecular weight excluding hydrogens is 198 g/mol. The van der Waals surface area contributed by atoms with Crippen LogP contribution in [0.25, 0.3) is 0 Å². The number of likely N-dealkylation sites (N-methyl/N-ethyl adjacent to an activating group) is 1. The van der Waals surface area contributed by atoms with Crippen LogP contribution in [-0.2, 0) is 0 Å². The van der Waals surface area contributed by atoms with Crippen molar-refractivity contribution in [3.63, 3.8) is 0 Å². The van der Waals surface area contributed by atoms with Crippen LogP contribution in [0.3, 0.4) is 0 Å². The van der Waals surface area contributed by atoms with E-state index in [1.165, 1.54) is 45.6 Å². The monoisotopic (exact) mass is 225 g/mol.